The summed E-state index contributed by atoms with van der Waals surface area (Å²) >= 11 is 1.41. The summed E-state index contributed by atoms with van der Waals surface area (Å²) in [6.07, 6.45) is 1.89. The molecular formula is C19H26N4O3S2. The third-order valence-corrected chi connectivity index (χ3v) is 7.04. The van der Waals surface area contributed by atoms with E-state index in [0.717, 1.165) is 30.6 Å². The van der Waals surface area contributed by atoms with E-state index >= 15 is 0 Å². The van der Waals surface area contributed by atoms with Crippen LogP contribution in [-0.4, -0.2) is 50.4 Å². The van der Waals surface area contributed by atoms with E-state index in [0.29, 0.717) is 24.8 Å². The van der Waals surface area contributed by atoms with Gasteiger partial charge in [-0.15, -0.1) is 11.3 Å². The predicted octanol–water partition coefficient (Wildman–Crippen LogP) is 2.39. The maximum Gasteiger partial charge on any atom is 0.240 e. The number of hydrogen-bond acceptors (Lipinski definition) is 6. The van der Waals surface area contributed by atoms with Crippen LogP contribution in [0.4, 0.5) is 5.13 Å². The van der Waals surface area contributed by atoms with Crippen LogP contribution in [0.25, 0.3) is 0 Å². The highest BCUT2D eigenvalue weighted by atomic mass is 32.2. The van der Waals surface area contributed by atoms with E-state index in [1.807, 2.05) is 19.2 Å². The summed E-state index contributed by atoms with van der Waals surface area (Å²) in [5.41, 5.74) is 1.91. The summed E-state index contributed by atoms with van der Waals surface area (Å²) in [6, 6.07) is 6.82. The van der Waals surface area contributed by atoms with Gasteiger partial charge < -0.3 is 5.32 Å². The van der Waals surface area contributed by atoms with Gasteiger partial charge in [0.2, 0.25) is 15.9 Å². The molecule has 2 aromatic rings. The molecule has 1 amide bonds. The van der Waals surface area contributed by atoms with Crippen molar-refractivity contribution in [3.05, 3.63) is 40.9 Å². The minimum absolute atomic E-state index is 0.0877. The molecule has 0 radical (unpaired) electrons. The van der Waals surface area contributed by atoms with Crippen molar-refractivity contribution in [2.45, 2.75) is 31.6 Å². The van der Waals surface area contributed by atoms with E-state index in [-0.39, 0.29) is 16.7 Å². The van der Waals surface area contributed by atoms with Crippen molar-refractivity contribution in [3.8, 4) is 0 Å². The van der Waals surface area contributed by atoms with Crippen LogP contribution in [0, 0.1) is 19.8 Å². The molecule has 7 nitrogen and oxygen atoms in total. The van der Waals surface area contributed by atoms with Crippen LogP contribution in [0.15, 0.2) is 34.5 Å². The summed E-state index contributed by atoms with van der Waals surface area (Å²) in [6.45, 7) is 6.01. The molecule has 28 heavy (non-hydrogen) atoms. The normalized spacial score (nSPS) is 18.1. The van der Waals surface area contributed by atoms with Gasteiger partial charge in [-0.3, -0.25) is 9.69 Å². The minimum Gasteiger partial charge on any atom is -0.301 e. The second kappa shape index (κ2) is 9.13. The molecule has 0 bridgehead atoms. The van der Waals surface area contributed by atoms with E-state index in [1.165, 1.54) is 11.3 Å². The van der Waals surface area contributed by atoms with Gasteiger partial charge in [0, 0.05) is 18.5 Å². The van der Waals surface area contributed by atoms with E-state index < -0.39 is 10.0 Å². The fraction of sp³-hybridized carbons (Fsp3) is 0.474. The van der Waals surface area contributed by atoms with Gasteiger partial charge in [0.25, 0.3) is 0 Å². The number of hydrogen-bond donors (Lipinski definition) is 2. The Morgan fingerprint density at radius 3 is 2.71 bits per heavy atom. The van der Waals surface area contributed by atoms with Crippen LogP contribution in [0.1, 0.15) is 24.1 Å². The lowest BCUT2D eigenvalue weighted by Crippen LogP contribution is -2.43. The number of thiazole rings is 1. The van der Waals surface area contributed by atoms with Crippen LogP contribution in [-0.2, 0) is 14.8 Å². The Bertz CT molecular complexity index is 910. The number of nitrogens with zero attached hydrogens (tertiary/aromatic N) is 2. The number of likely N-dealkylation sites (tertiary alicyclic amines) is 1. The zero-order valence-electron chi connectivity index (χ0n) is 16.1. The first-order valence-corrected chi connectivity index (χ1v) is 11.7. The molecule has 2 N–H and O–H groups in total. The van der Waals surface area contributed by atoms with Crippen molar-refractivity contribution in [1.82, 2.24) is 14.6 Å². The highest BCUT2D eigenvalue weighted by molar-refractivity contribution is 7.89. The molecule has 0 spiro atoms. The smallest absolute Gasteiger partial charge is 0.240 e. The molecule has 1 fully saturated rings. The Morgan fingerprint density at radius 1 is 1.29 bits per heavy atom. The second-order valence-electron chi connectivity index (χ2n) is 7.25. The van der Waals surface area contributed by atoms with Crippen molar-refractivity contribution in [2.24, 2.45) is 5.92 Å². The maximum absolute atomic E-state index is 12.5. The van der Waals surface area contributed by atoms with E-state index in [9.17, 15) is 13.2 Å². The van der Waals surface area contributed by atoms with Crippen LogP contribution < -0.4 is 10.0 Å². The number of aryl methyl sites for hydroxylation is 2. The summed E-state index contributed by atoms with van der Waals surface area (Å²) in [7, 11) is -3.51. The third kappa shape index (κ3) is 5.84. The molecule has 3 rings (SSSR count). The monoisotopic (exact) mass is 422 g/mol. The standard InChI is InChI=1S/C19H26N4O3S2/c1-14-5-7-17(8-6-14)28(25,26)20-10-16-4-3-9-23(11-16)12-18(24)22-19-21-15(2)13-27-19/h5-8,13,16,20H,3-4,9-12H2,1-2H3,(H,21,22,24). The van der Waals surface area contributed by atoms with Gasteiger partial charge in [-0.05, 0) is 51.3 Å². The van der Waals surface area contributed by atoms with Crippen LogP contribution in [0.2, 0.25) is 0 Å². The van der Waals surface area contributed by atoms with Crippen molar-refractivity contribution >= 4 is 32.4 Å². The van der Waals surface area contributed by atoms with E-state index in [2.05, 4.69) is 19.9 Å². The highest BCUT2D eigenvalue weighted by Gasteiger charge is 2.24. The minimum atomic E-state index is -3.51. The van der Waals surface area contributed by atoms with Crippen molar-refractivity contribution < 1.29 is 13.2 Å². The highest BCUT2D eigenvalue weighted by Crippen LogP contribution is 2.18. The molecule has 1 aromatic heterocycles. The Morgan fingerprint density at radius 2 is 2.04 bits per heavy atom. The van der Waals surface area contributed by atoms with Gasteiger partial charge in [-0.2, -0.15) is 0 Å². The average molecular weight is 423 g/mol. The Hall–Kier alpha value is -1.81. The number of piperidine rings is 1. The quantitative estimate of drug-likeness (QED) is 0.715. The SMILES string of the molecule is Cc1ccc(S(=O)(=O)NCC2CCCN(CC(=O)Nc3nc(C)cs3)C2)cc1. The third-order valence-electron chi connectivity index (χ3n) is 4.73. The zero-order chi connectivity index (χ0) is 20.1. The van der Waals surface area contributed by atoms with Crippen LogP contribution >= 0.6 is 11.3 Å². The number of carbonyl (C=O) groups excluding carboxylic acids is 1. The molecule has 1 unspecified atom stereocenters. The fourth-order valence-corrected chi connectivity index (χ4v) is 5.08. The molecule has 1 aromatic carbocycles. The lowest BCUT2D eigenvalue weighted by Gasteiger charge is -2.32. The first kappa shape index (κ1) is 20.9. The lowest BCUT2D eigenvalue weighted by molar-refractivity contribution is -0.117. The molecule has 0 saturated carbocycles. The van der Waals surface area contributed by atoms with Crippen molar-refractivity contribution in [1.29, 1.82) is 0 Å². The number of aromatic nitrogens is 1. The lowest BCUT2D eigenvalue weighted by atomic mass is 9.98. The van der Waals surface area contributed by atoms with Crippen LogP contribution in [0.5, 0.6) is 0 Å². The number of carbonyl (C=O) groups is 1. The summed E-state index contributed by atoms with van der Waals surface area (Å²) < 4.78 is 27.6. The largest absolute Gasteiger partial charge is 0.301 e. The molecule has 152 valence electrons. The second-order valence-corrected chi connectivity index (χ2v) is 9.88. The van der Waals surface area contributed by atoms with E-state index in [4.69, 9.17) is 0 Å². The first-order valence-electron chi connectivity index (χ1n) is 9.32. The number of nitrogens with one attached hydrogen (secondary N) is 2. The van der Waals surface area contributed by atoms with Crippen molar-refractivity contribution in [3.63, 3.8) is 0 Å². The molecule has 1 saturated heterocycles. The van der Waals surface area contributed by atoms with Gasteiger partial charge in [-0.1, -0.05) is 17.7 Å². The number of amides is 1. The summed E-state index contributed by atoms with van der Waals surface area (Å²) in [5.74, 6) is 0.0964. The molecular weight excluding hydrogens is 396 g/mol. The molecule has 2 heterocycles. The van der Waals surface area contributed by atoms with Gasteiger partial charge in [0.1, 0.15) is 0 Å². The number of rotatable bonds is 7. The Balaban J connectivity index is 1.49. The zero-order valence-corrected chi connectivity index (χ0v) is 17.8. The van der Waals surface area contributed by atoms with Crippen molar-refractivity contribution in [2.75, 3.05) is 31.5 Å². The number of benzene rings is 1. The van der Waals surface area contributed by atoms with Gasteiger partial charge in [0.15, 0.2) is 5.13 Å². The summed E-state index contributed by atoms with van der Waals surface area (Å²) in [5, 5.41) is 5.33. The molecule has 9 heteroatoms. The fourth-order valence-electron chi connectivity index (χ4n) is 3.26. The number of sulfonamides is 1. The molecule has 1 aliphatic rings. The molecule has 0 aliphatic carbocycles. The number of anilines is 1. The molecule has 1 aliphatic heterocycles. The van der Waals surface area contributed by atoms with Crippen LogP contribution in [0.3, 0.4) is 0 Å². The van der Waals surface area contributed by atoms with Gasteiger partial charge in [0.05, 0.1) is 17.1 Å². The Kier molecular flexibility index (Phi) is 6.82. The maximum atomic E-state index is 12.5. The molecule has 1 atom stereocenters. The first-order chi connectivity index (χ1) is 13.3. The topological polar surface area (TPSA) is 91.4 Å². The Labute approximate surface area is 170 Å². The predicted molar refractivity (Wildman–Crippen MR) is 111 cm³/mol. The van der Waals surface area contributed by atoms with E-state index in [1.54, 1.807) is 24.3 Å². The summed E-state index contributed by atoms with van der Waals surface area (Å²) in [4.78, 5) is 18.8. The van der Waals surface area contributed by atoms with Gasteiger partial charge >= 0.3 is 0 Å². The average Bonchev–Trinajstić information content (AvgIpc) is 3.05. The van der Waals surface area contributed by atoms with Gasteiger partial charge in [-0.25, -0.2) is 18.1 Å².